The molecule has 0 radical (unpaired) electrons. The van der Waals surface area contributed by atoms with Crippen molar-refractivity contribution in [3.05, 3.63) is 0 Å². The van der Waals surface area contributed by atoms with Gasteiger partial charge in [0.1, 0.15) is 0 Å². The van der Waals surface area contributed by atoms with Crippen molar-refractivity contribution in [3.8, 4) is 0 Å². The molecule has 17 heavy (non-hydrogen) atoms. The fraction of sp³-hybridized carbons (Fsp3) is 0.600. The van der Waals surface area contributed by atoms with Gasteiger partial charge in [0.2, 0.25) is 0 Å². The summed E-state index contributed by atoms with van der Waals surface area (Å²) in [5, 5.41) is 16.5. The Morgan fingerprint density at radius 3 is 1.53 bits per heavy atom. The molecule has 0 heterocycles. The van der Waals surface area contributed by atoms with Crippen LogP contribution in [0.25, 0.3) is 0 Å². The first kappa shape index (κ1) is 16.2. The largest absolute Gasteiger partial charge is 0.480 e. The zero-order valence-electron chi connectivity index (χ0n) is 8.25. The van der Waals surface area contributed by atoms with Gasteiger partial charge in [0.15, 0.2) is 19.1 Å². The van der Waals surface area contributed by atoms with Crippen molar-refractivity contribution >= 4 is 27.1 Å². The average molecular weight is 292 g/mol. The summed E-state index contributed by atoms with van der Waals surface area (Å²) in [7, 11) is -9.28. The van der Waals surface area contributed by atoms with Gasteiger partial charge in [0.25, 0.3) is 0 Å². The van der Waals surface area contributed by atoms with Crippen LogP contribution in [-0.2, 0) is 27.8 Å². The Hall–Kier alpha value is -0.760. The van der Waals surface area contributed by atoms with Gasteiger partial charge >= 0.3 is 27.1 Å². The highest BCUT2D eigenvalue weighted by Crippen LogP contribution is 2.58. The van der Waals surface area contributed by atoms with Crippen molar-refractivity contribution in [1.82, 2.24) is 0 Å². The Balaban J connectivity index is 4.68. The van der Waals surface area contributed by atoms with Crippen LogP contribution in [0.2, 0.25) is 0 Å². The second-order valence-corrected chi connectivity index (χ2v) is 6.95. The standard InChI is InChI=1S/C5H10O10P2/c6-4(7)1-14-17(13,3-16(10,11)12)15-2-5(8)9/h1-3H2,(H,6,7)(H,8,9)(H2,10,11,12). The summed E-state index contributed by atoms with van der Waals surface area (Å²) in [5.41, 5.74) is 0. The van der Waals surface area contributed by atoms with Gasteiger partial charge in [0.05, 0.1) is 0 Å². The van der Waals surface area contributed by atoms with Crippen LogP contribution in [0, 0.1) is 0 Å². The maximum atomic E-state index is 11.6. The maximum absolute atomic E-state index is 11.6. The molecule has 0 atom stereocenters. The highest BCUT2D eigenvalue weighted by atomic mass is 31.2. The monoisotopic (exact) mass is 292 g/mol. The number of rotatable bonds is 8. The Morgan fingerprint density at radius 2 is 1.29 bits per heavy atom. The molecule has 100 valence electrons. The van der Waals surface area contributed by atoms with E-state index in [1.54, 1.807) is 0 Å². The van der Waals surface area contributed by atoms with E-state index in [-0.39, 0.29) is 0 Å². The van der Waals surface area contributed by atoms with E-state index in [1.807, 2.05) is 0 Å². The van der Waals surface area contributed by atoms with Gasteiger partial charge in [-0.1, -0.05) is 0 Å². The molecule has 0 aliphatic carbocycles. The summed E-state index contributed by atoms with van der Waals surface area (Å²) >= 11 is 0. The number of carbonyl (C=O) groups is 2. The number of hydrogen-bond acceptors (Lipinski definition) is 6. The molecule has 12 heteroatoms. The van der Waals surface area contributed by atoms with Crippen LogP contribution >= 0.6 is 15.2 Å². The summed E-state index contributed by atoms with van der Waals surface area (Å²) in [6.45, 7) is -2.26. The van der Waals surface area contributed by atoms with Crippen molar-refractivity contribution in [2.75, 3.05) is 19.1 Å². The fourth-order valence-electron chi connectivity index (χ4n) is 0.652. The Morgan fingerprint density at radius 1 is 0.941 bits per heavy atom. The first-order valence-electron chi connectivity index (χ1n) is 3.90. The second-order valence-electron chi connectivity index (χ2n) is 2.75. The average Bonchev–Trinajstić information content (AvgIpc) is 2.09. The zero-order valence-corrected chi connectivity index (χ0v) is 10.0. The third-order valence-electron chi connectivity index (χ3n) is 1.13. The van der Waals surface area contributed by atoms with E-state index in [1.165, 1.54) is 0 Å². The molecule has 0 amide bonds. The van der Waals surface area contributed by atoms with Crippen LogP contribution in [0.15, 0.2) is 0 Å². The number of hydrogen-bond donors (Lipinski definition) is 4. The lowest BCUT2D eigenvalue weighted by Crippen LogP contribution is -2.12. The highest BCUT2D eigenvalue weighted by molar-refractivity contribution is 7.70. The molecule has 10 nitrogen and oxygen atoms in total. The molecule has 0 aromatic heterocycles. The lowest BCUT2D eigenvalue weighted by molar-refractivity contribution is -0.140. The van der Waals surface area contributed by atoms with Gasteiger partial charge in [-0.3, -0.25) is 18.2 Å². The van der Waals surface area contributed by atoms with Gasteiger partial charge in [-0.25, -0.2) is 9.59 Å². The predicted molar refractivity (Wildman–Crippen MR) is 51.7 cm³/mol. The number of aliphatic carboxylic acids is 2. The Kier molecular flexibility index (Phi) is 5.97. The van der Waals surface area contributed by atoms with E-state index in [0.29, 0.717) is 0 Å². The van der Waals surface area contributed by atoms with E-state index in [2.05, 4.69) is 9.05 Å². The van der Waals surface area contributed by atoms with Crippen LogP contribution in [0.3, 0.4) is 0 Å². The van der Waals surface area contributed by atoms with Crippen LogP contribution in [0.5, 0.6) is 0 Å². The van der Waals surface area contributed by atoms with Crippen molar-refractivity contribution in [2.45, 2.75) is 0 Å². The topological polar surface area (TPSA) is 168 Å². The molecule has 0 saturated heterocycles. The lowest BCUT2D eigenvalue weighted by atomic mass is 10.8. The van der Waals surface area contributed by atoms with Gasteiger partial charge in [-0.15, -0.1) is 0 Å². The molecule has 0 fully saturated rings. The molecule has 0 spiro atoms. The fourth-order valence-corrected chi connectivity index (χ4v) is 3.80. The van der Waals surface area contributed by atoms with Gasteiger partial charge in [0, 0.05) is 0 Å². The maximum Gasteiger partial charge on any atom is 0.343 e. The minimum absolute atomic E-state index is 1.13. The molecule has 0 bridgehead atoms. The number of carboxylic acids is 2. The van der Waals surface area contributed by atoms with Crippen LogP contribution in [0.4, 0.5) is 0 Å². The Labute approximate surface area is 94.9 Å². The third kappa shape index (κ3) is 8.99. The highest BCUT2D eigenvalue weighted by Gasteiger charge is 2.35. The summed E-state index contributed by atoms with van der Waals surface area (Å²) in [6.07, 6.45) is 0. The molecule has 0 unspecified atom stereocenters. The van der Waals surface area contributed by atoms with Crippen molar-refractivity contribution in [3.63, 3.8) is 0 Å². The van der Waals surface area contributed by atoms with E-state index in [4.69, 9.17) is 20.0 Å². The minimum Gasteiger partial charge on any atom is -0.480 e. The molecular weight excluding hydrogens is 282 g/mol. The quantitative estimate of drug-likeness (QED) is 0.428. The van der Waals surface area contributed by atoms with Gasteiger partial charge in [-0.05, 0) is 0 Å². The smallest absolute Gasteiger partial charge is 0.343 e. The molecule has 0 saturated carbocycles. The van der Waals surface area contributed by atoms with Gasteiger partial charge < -0.3 is 20.0 Å². The zero-order chi connectivity index (χ0) is 13.7. The van der Waals surface area contributed by atoms with Crippen LogP contribution < -0.4 is 0 Å². The van der Waals surface area contributed by atoms with Crippen molar-refractivity contribution in [2.24, 2.45) is 0 Å². The summed E-state index contributed by atoms with van der Waals surface area (Å²) < 4.78 is 30.6. The van der Waals surface area contributed by atoms with Gasteiger partial charge in [-0.2, -0.15) is 0 Å². The lowest BCUT2D eigenvalue weighted by Gasteiger charge is -2.16. The molecule has 0 aromatic rings. The first-order chi connectivity index (χ1) is 7.54. The SMILES string of the molecule is O=C(O)COP(=O)(CP(=O)(O)O)OCC(=O)O. The third-order valence-corrected chi connectivity index (χ3v) is 5.03. The Bertz CT molecular complexity index is 360. The molecule has 0 aromatic carbocycles. The van der Waals surface area contributed by atoms with Crippen LogP contribution in [-0.4, -0.2) is 51.1 Å². The molecule has 4 N–H and O–H groups in total. The normalized spacial score (nSPS) is 12.4. The summed E-state index contributed by atoms with van der Waals surface area (Å²) in [5.74, 6) is -4.48. The van der Waals surface area contributed by atoms with Crippen molar-refractivity contribution in [1.29, 1.82) is 0 Å². The van der Waals surface area contributed by atoms with E-state index in [0.717, 1.165) is 0 Å². The van der Waals surface area contributed by atoms with E-state index in [9.17, 15) is 18.7 Å². The van der Waals surface area contributed by atoms with Crippen molar-refractivity contribution < 1.29 is 47.8 Å². The molecule has 0 rings (SSSR count). The molecular formula is C5H10O10P2. The molecule has 0 aliphatic heterocycles. The second kappa shape index (κ2) is 6.25. The van der Waals surface area contributed by atoms with E-state index < -0.39 is 46.2 Å². The van der Waals surface area contributed by atoms with E-state index >= 15 is 0 Å². The molecule has 0 aliphatic rings. The predicted octanol–water partition coefficient (Wildman–Crippen LogP) is -0.483. The first-order valence-corrected chi connectivity index (χ1v) is 7.43. The van der Waals surface area contributed by atoms with Crippen LogP contribution in [0.1, 0.15) is 0 Å². The summed E-state index contributed by atoms with van der Waals surface area (Å²) in [6, 6.07) is 0. The minimum atomic E-state index is -4.81. The number of carboxylic acid groups (broad SMARTS) is 2. The summed E-state index contributed by atoms with van der Waals surface area (Å²) in [4.78, 5) is 37.4.